The highest BCUT2D eigenvalue weighted by atomic mass is 35.5. The zero-order valence-electron chi connectivity index (χ0n) is 11.9. The molecular formula is C14H15ClN2O3S. The van der Waals surface area contributed by atoms with E-state index in [4.69, 9.17) is 11.6 Å². The third-order valence-corrected chi connectivity index (χ3v) is 4.64. The van der Waals surface area contributed by atoms with E-state index in [1.807, 2.05) is 6.07 Å². The van der Waals surface area contributed by atoms with Crippen molar-refractivity contribution in [3.05, 3.63) is 48.8 Å². The zero-order chi connectivity index (χ0) is 15.7. The molecule has 0 bridgehead atoms. The van der Waals surface area contributed by atoms with Gasteiger partial charge in [0.1, 0.15) is 0 Å². The standard InChI is InChI=1S/C14H15ClN2O3S/c1-7(13(18)19)12-8(2)16-14(20)17(9(12)3)6-10-4-5-11(15)21-10/h4-5,7H,6H2,1-3H3,(H,18,19). The first kappa shape index (κ1) is 15.7. The van der Waals surface area contributed by atoms with Crippen molar-refractivity contribution in [2.75, 3.05) is 0 Å². The highest BCUT2D eigenvalue weighted by Crippen LogP contribution is 2.24. The summed E-state index contributed by atoms with van der Waals surface area (Å²) in [6.07, 6.45) is 0. The summed E-state index contributed by atoms with van der Waals surface area (Å²) >= 11 is 7.28. The lowest BCUT2D eigenvalue weighted by Gasteiger charge is -2.17. The molecule has 2 heterocycles. The van der Waals surface area contributed by atoms with Crippen LogP contribution in [-0.2, 0) is 11.3 Å². The molecule has 1 atom stereocenters. The molecule has 112 valence electrons. The van der Waals surface area contributed by atoms with Crippen molar-refractivity contribution in [2.24, 2.45) is 0 Å². The number of halogens is 1. The van der Waals surface area contributed by atoms with Gasteiger partial charge in [-0.05, 0) is 32.9 Å². The van der Waals surface area contributed by atoms with E-state index in [-0.39, 0.29) is 5.69 Å². The summed E-state index contributed by atoms with van der Waals surface area (Å²) in [5.41, 5.74) is 1.31. The van der Waals surface area contributed by atoms with Crippen molar-refractivity contribution >= 4 is 28.9 Å². The van der Waals surface area contributed by atoms with Gasteiger partial charge in [-0.25, -0.2) is 4.79 Å². The minimum Gasteiger partial charge on any atom is -0.481 e. The maximum atomic E-state index is 12.1. The fraction of sp³-hybridized carbons (Fsp3) is 0.357. The Morgan fingerprint density at radius 2 is 2.14 bits per heavy atom. The number of rotatable bonds is 4. The molecule has 0 aliphatic rings. The molecule has 1 N–H and O–H groups in total. The molecule has 0 aliphatic carbocycles. The number of thiophene rings is 1. The maximum Gasteiger partial charge on any atom is 0.348 e. The molecule has 5 nitrogen and oxygen atoms in total. The van der Waals surface area contributed by atoms with Crippen LogP contribution in [0, 0.1) is 13.8 Å². The molecule has 0 aliphatic heterocycles. The van der Waals surface area contributed by atoms with Crippen molar-refractivity contribution in [1.82, 2.24) is 9.55 Å². The molecule has 0 fully saturated rings. The lowest BCUT2D eigenvalue weighted by molar-refractivity contribution is -0.138. The lowest BCUT2D eigenvalue weighted by atomic mass is 9.98. The van der Waals surface area contributed by atoms with Crippen molar-refractivity contribution in [3.8, 4) is 0 Å². The Kier molecular flexibility index (Phi) is 4.49. The number of carbonyl (C=O) groups is 1. The second-order valence-corrected chi connectivity index (χ2v) is 6.63. The van der Waals surface area contributed by atoms with E-state index in [1.165, 1.54) is 15.9 Å². The van der Waals surface area contributed by atoms with E-state index in [9.17, 15) is 14.7 Å². The zero-order valence-corrected chi connectivity index (χ0v) is 13.5. The van der Waals surface area contributed by atoms with Gasteiger partial charge in [0.2, 0.25) is 0 Å². The molecule has 0 aromatic carbocycles. The van der Waals surface area contributed by atoms with E-state index in [0.29, 0.717) is 27.8 Å². The summed E-state index contributed by atoms with van der Waals surface area (Å²) < 4.78 is 2.14. The normalized spacial score (nSPS) is 12.4. The minimum absolute atomic E-state index is 0.342. The smallest absolute Gasteiger partial charge is 0.348 e. The first-order valence-corrected chi connectivity index (χ1v) is 7.55. The first-order valence-electron chi connectivity index (χ1n) is 6.36. The van der Waals surface area contributed by atoms with Crippen LogP contribution in [0.15, 0.2) is 16.9 Å². The molecule has 0 amide bonds. The van der Waals surface area contributed by atoms with Crippen LogP contribution in [0.5, 0.6) is 0 Å². The number of hydrogen-bond donors (Lipinski definition) is 1. The fourth-order valence-electron chi connectivity index (χ4n) is 2.34. The third-order valence-electron chi connectivity index (χ3n) is 3.42. The lowest BCUT2D eigenvalue weighted by Crippen LogP contribution is -2.29. The monoisotopic (exact) mass is 326 g/mol. The summed E-state index contributed by atoms with van der Waals surface area (Å²) in [6, 6.07) is 3.61. The second kappa shape index (κ2) is 5.99. The van der Waals surface area contributed by atoms with Gasteiger partial charge in [0, 0.05) is 21.8 Å². The van der Waals surface area contributed by atoms with Crippen LogP contribution in [0.4, 0.5) is 0 Å². The highest BCUT2D eigenvalue weighted by Gasteiger charge is 2.22. The highest BCUT2D eigenvalue weighted by molar-refractivity contribution is 7.16. The molecule has 21 heavy (non-hydrogen) atoms. The van der Waals surface area contributed by atoms with Gasteiger partial charge in [-0.3, -0.25) is 9.36 Å². The average Bonchev–Trinajstić information content (AvgIpc) is 2.79. The number of carboxylic acid groups (broad SMARTS) is 1. The van der Waals surface area contributed by atoms with Crippen molar-refractivity contribution < 1.29 is 9.90 Å². The third kappa shape index (κ3) is 3.16. The number of hydrogen-bond acceptors (Lipinski definition) is 4. The molecule has 2 rings (SSSR count). The number of aryl methyl sites for hydroxylation is 1. The van der Waals surface area contributed by atoms with E-state index in [0.717, 1.165) is 4.88 Å². The fourth-order valence-corrected chi connectivity index (χ4v) is 3.42. The van der Waals surface area contributed by atoms with Gasteiger partial charge in [-0.2, -0.15) is 4.98 Å². The first-order chi connectivity index (χ1) is 9.81. The predicted molar refractivity (Wildman–Crippen MR) is 82.5 cm³/mol. The summed E-state index contributed by atoms with van der Waals surface area (Å²) in [6.45, 7) is 5.35. The van der Waals surface area contributed by atoms with Crippen LogP contribution in [-0.4, -0.2) is 20.6 Å². The SMILES string of the molecule is Cc1nc(=O)n(Cc2ccc(Cl)s2)c(C)c1C(C)C(=O)O. The van der Waals surface area contributed by atoms with E-state index < -0.39 is 11.9 Å². The van der Waals surface area contributed by atoms with Crippen LogP contribution in [0.25, 0.3) is 0 Å². The minimum atomic E-state index is -0.938. The quantitative estimate of drug-likeness (QED) is 0.937. The predicted octanol–water partition coefficient (Wildman–Crippen LogP) is 2.81. The molecule has 0 saturated carbocycles. The van der Waals surface area contributed by atoms with Gasteiger partial charge in [0.05, 0.1) is 16.8 Å². The van der Waals surface area contributed by atoms with Crippen LogP contribution in [0.3, 0.4) is 0 Å². The van der Waals surface area contributed by atoms with Gasteiger partial charge in [-0.1, -0.05) is 11.6 Å². The van der Waals surface area contributed by atoms with Crippen molar-refractivity contribution in [3.63, 3.8) is 0 Å². The number of carboxylic acids is 1. The van der Waals surface area contributed by atoms with Crippen molar-refractivity contribution in [1.29, 1.82) is 0 Å². The molecule has 2 aromatic rings. The average molecular weight is 327 g/mol. The molecule has 0 saturated heterocycles. The van der Waals surface area contributed by atoms with Crippen LogP contribution >= 0.6 is 22.9 Å². The van der Waals surface area contributed by atoms with Gasteiger partial charge < -0.3 is 5.11 Å². The Morgan fingerprint density at radius 3 is 2.67 bits per heavy atom. The second-order valence-electron chi connectivity index (χ2n) is 4.83. The van der Waals surface area contributed by atoms with Crippen LogP contribution < -0.4 is 5.69 Å². The van der Waals surface area contributed by atoms with Crippen LogP contribution in [0.1, 0.15) is 34.7 Å². The van der Waals surface area contributed by atoms with Gasteiger partial charge in [0.25, 0.3) is 0 Å². The Hall–Kier alpha value is -1.66. The van der Waals surface area contributed by atoms with Gasteiger partial charge in [0.15, 0.2) is 0 Å². The molecule has 2 aromatic heterocycles. The Balaban J connectivity index is 2.53. The summed E-state index contributed by atoms with van der Waals surface area (Å²) in [5.74, 6) is -1.65. The van der Waals surface area contributed by atoms with Crippen LogP contribution in [0.2, 0.25) is 4.34 Å². The van der Waals surface area contributed by atoms with Gasteiger partial charge in [-0.15, -0.1) is 11.3 Å². The summed E-state index contributed by atoms with van der Waals surface area (Å²) in [4.78, 5) is 28.2. The largest absolute Gasteiger partial charge is 0.481 e. The Bertz CT molecular complexity index is 751. The molecule has 0 spiro atoms. The summed E-state index contributed by atoms with van der Waals surface area (Å²) in [5, 5.41) is 9.21. The number of aliphatic carboxylic acids is 1. The molecule has 7 heteroatoms. The Morgan fingerprint density at radius 1 is 1.48 bits per heavy atom. The molecular weight excluding hydrogens is 312 g/mol. The molecule has 1 unspecified atom stereocenters. The van der Waals surface area contributed by atoms with Crippen molar-refractivity contribution in [2.45, 2.75) is 33.2 Å². The summed E-state index contributed by atoms with van der Waals surface area (Å²) in [7, 11) is 0. The van der Waals surface area contributed by atoms with E-state index >= 15 is 0 Å². The van der Waals surface area contributed by atoms with E-state index in [1.54, 1.807) is 26.8 Å². The number of nitrogens with zero attached hydrogens (tertiary/aromatic N) is 2. The molecule has 0 radical (unpaired) electrons. The Labute approximate surface area is 130 Å². The topological polar surface area (TPSA) is 72.2 Å². The maximum absolute atomic E-state index is 12.1. The van der Waals surface area contributed by atoms with E-state index in [2.05, 4.69) is 4.98 Å². The number of aromatic nitrogens is 2. The van der Waals surface area contributed by atoms with Gasteiger partial charge >= 0.3 is 11.7 Å².